The van der Waals surface area contributed by atoms with Crippen molar-refractivity contribution < 1.29 is 4.21 Å². The second-order valence-corrected chi connectivity index (χ2v) is 6.83. The van der Waals surface area contributed by atoms with Crippen molar-refractivity contribution in [3.8, 4) is 0 Å². The van der Waals surface area contributed by atoms with E-state index in [-0.39, 0.29) is 11.3 Å². The monoisotopic (exact) mass is 301 g/mol. The summed E-state index contributed by atoms with van der Waals surface area (Å²) >= 11 is 3.38. The van der Waals surface area contributed by atoms with Crippen LogP contribution in [0, 0.1) is 0 Å². The predicted molar refractivity (Wildman–Crippen MR) is 70.8 cm³/mol. The molecule has 0 aliphatic heterocycles. The zero-order valence-corrected chi connectivity index (χ0v) is 11.5. The van der Waals surface area contributed by atoms with Crippen LogP contribution in [0.3, 0.4) is 0 Å². The molecule has 0 spiro atoms. The molecule has 1 aliphatic carbocycles. The maximum atomic E-state index is 12.3. The Morgan fingerprint density at radius 3 is 2.44 bits per heavy atom. The van der Waals surface area contributed by atoms with E-state index in [2.05, 4.69) is 15.9 Å². The van der Waals surface area contributed by atoms with Gasteiger partial charge in [-0.2, -0.15) is 0 Å². The topological polar surface area (TPSA) is 43.1 Å². The van der Waals surface area contributed by atoms with Crippen LogP contribution in [-0.2, 0) is 10.8 Å². The van der Waals surface area contributed by atoms with Crippen molar-refractivity contribution in [1.82, 2.24) is 0 Å². The molecule has 4 heteroatoms. The molecule has 1 aromatic carbocycles. The molecule has 1 fully saturated rings. The summed E-state index contributed by atoms with van der Waals surface area (Å²) in [6.45, 7) is 0. The van der Waals surface area contributed by atoms with Crippen molar-refractivity contribution in [3.05, 3.63) is 28.7 Å². The van der Waals surface area contributed by atoms with Gasteiger partial charge in [0.15, 0.2) is 0 Å². The molecular formula is C12H16BrNOS. The molecule has 3 unspecified atom stereocenters. The van der Waals surface area contributed by atoms with Gasteiger partial charge >= 0.3 is 0 Å². The maximum absolute atomic E-state index is 12.3. The van der Waals surface area contributed by atoms with Crippen molar-refractivity contribution in [2.45, 2.75) is 41.9 Å². The van der Waals surface area contributed by atoms with Crippen LogP contribution in [0.2, 0.25) is 0 Å². The zero-order valence-electron chi connectivity index (χ0n) is 9.06. The molecule has 3 atom stereocenters. The van der Waals surface area contributed by atoms with E-state index in [9.17, 15) is 4.21 Å². The number of hydrogen-bond donors (Lipinski definition) is 1. The molecule has 1 saturated carbocycles. The normalized spacial score (nSPS) is 27.6. The zero-order chi connectivity index (χ0) is 11.5. The number of nitrogens with two attached hydrogens (primary N) is 1. The molecule has 2 nitrogen and oxygen atoms in total. The highest BCUT2D eigenvalue weighted by atomic mass is 79.9. The second-order valence-electron chi connectivity index (χ2n) is 4.24. The van der Waals surface area contributed by atoms with Gasteiger partial charge in [0, 0.05) is 15.4 Å². The number of benzene rings is 1. The van der Waals surface area contributed by atoms with Gasteiger partial charge in [0.1, 0.15) is 0 Å². The van der Waals surface area contributed by atoms with Crippen LogP contribution in [0.5, 0.6) is 0 Å². The molecule has 1 aromatic rings. The largest absolute Gasteiger partial charge is 0.327 e. The van der Waals surface area contributed by atoms with Crippen LogP contribution in [-0.4, -0.2) is 15.5 Å². The SMILES string of the molecule is NC1CCCCC1S(=O)c1ccc(Br)cc1. The van der Waals surface area contributed by atoms with Crippen LogP contribution in [0.15, 0.2) is 33.6 Å². The van der Waals surface area contributed by atoms with E-state index in [0.717, 1.165) is 28.6 Å². The molecule has 0 aromatic heterocycles. The molecule has 0 bridgehead atoms. The quantitative estimate of drug-likeness (QED) is 0.913. The minimum atomic E-state index is -0.954. The highest BCUT2D eigenvalue weighted by Crippen LogP contribution is 2.25. The van der Waals surface area contributed by atoms with E-state index in [0.29, 0.717) is 0 Å². The number of hydrogen-bond acceptors (Lipinski definition) is 2. The van der Waals surface area contributed by atoms with Crippen LogP contribution in [0.1, 0.15) is 25.7 Å². The van der Waals surface area contributed by atoms with Crippen LogP contribution >= 0.6 is 15.9 Å². The highest BCUT2D eigenvalue weighted by molar-refractivity contribution is 9.10. The molecule has 0 radical (unpaired) electrons. The van der Waals surface area contributed by atoms with Gasteiger partial charge in [-0.3, -0.25) is 4.21 Å². The Bertz CT molecular complexity index is 379. The Hall–Kier alpha value is -0.190. The second kappa shape index (κ2) is 5.43. The van der Waals surface area contributed by atoms with E-state index in [1.165, 1.54) is 6.42 Å². The Balaban J connectivity index is 2.14. The average molecular weight is 302 g/mol. The molecule has 88 valence electrons. The summed E-state index contributed by atoms with van der Waals surface area (Å²) in [5.74, 6) is 0. The Morgan fingerprint density at radius 1 is 1.19 bits per heavy atom. The molecular weight excluding hydrogens is 286 g/mol. The van der Waals surface area contributed by atoms with Crippen molar-refractivity contribution in [1.29, 1.82) is 0 Å². The summed E-state index contributed by atoms with van der Waals surface area (Å²) in [6.07, 6.45) is 4.33. The molecule has 16 heavy (non-hydrogen) atoms. The standard InChI is InChI=1S/C12H16BrNOS/c13-9-5-7-10(8-6-9)16(15)12-4-2-1-3-11(12)14/h5-8,11-12H,1-4,14H2. The molecule has 2 rings (SSSR count). The van der Waals surface area contributed by atoms with Gasteiger partial charge in [0.25, 0.3) is 0 Å². The van der Waals surface area contributed by atoms with E-state index >= 15 is 0 Å². The first-order valence-corrected chi connectivity index (χ1v) is 7.61. The summed E-state index contributed by atoms with van der Waals surface area (Å²) < 4.78 is 13.4. The Kier molecular flexibility index (Phi) is 4.16. The number of rotatable bonds is 2. The predicted octanol–water partition coefficient (Wildman–Crippen LogP) is 2.83. The Morgan fingerprint density at radius 2 is 1.81 bits per heavy atom. The first-order chi connectivity index (χ1) is 7.68. The smallest absolute Gasteiger partial charge is 0.0576 e. The molecule has 1 aliphatic rings. The van der Waals surface area contributed by atoms with Crippen molar-refractivity contribution in [2.24, 2.45) is 5.73 Å². The van der Waals surface area contributed by atoms with Crippen LogP contribution in [0.25, 0.3) is 0 Å². The summed E-state index contributed by atoms with van der Waals surface area (Å²) in [5.41, 5.74) is 6.04. The third-order valence-corrected chi connectivity index (χ3v) is 5.48. The summed E-state index contributed by atoms with van der Waals surface area (Å²) in [4.78, 5) is 0.894. The molecule has 0 heterocycles. The number of halogens is 1. The third-order valence-electron chi connectivity index (χ3n) is 3.07. The fourth-order valence-electron chi connectivity index (χ4n) is 2.13. The van der Waals surface area contributed by atoms with Crippen LogP contribution < -0.4 is 5.73 Å². The minimum absolute atomic E-state index is 0.0956. The first kappa shape index (κ1) is 12.3. The fraction of sp³-hybridized carbons (Fsp3) is 0.500. The summed E-state index contributed by atoms with van der Waals surface area (Å²) in [5, 5.41) is 0.134. The molecule has 0 saturated heterocycles. The first-order valence-electron chi connectivity index (χ1n) is 5.60. The Labute approximate surface area is 107 Å². The summed E-state index contributed by atoms with van der Waals surface area (Å²) in [7, 11) is -0.954. The van der Waals surface area contributed by atoms with E-state index < -0.39 is 10.8 Å². The third kappa shape index (κ3) is 2.73. The molecule has 2 N–H and O–H groups in total. The van der Waals surface area contributed by atoms with Gasteiger partial charge in [-0.15, -0.1) is 0 Å². The summed E-state index contributed by atoms with van der Waals surface area (Å²) in [6, 6.07) is 7.80. The van der Waals surface area contributed by atoms with Crippen molar-refractivity contribution in [3.63, 3.8) is 0 Å². The van der Waals surface area contributed by atoms with Gasteiger partial charge in [-0.1, -0.05) is 28.8 Å². The van der Waals surface area contributed by atoms with Crippen molar-refractivity contribution in [2.75, 3.05) is 0 Å². The van der Waals surface area contributed by atoms with E-state index in [4.69, 9.17) is 5.73 Å². The lowest BCUT2D eigenvalue weighted by molar-refractivity contribution is 0.445. The van der Waals surface area contributed by atoms with Crippen molar-refractivity contribution >= 4 is 26.7 Å². The van der Waals surface area contributed by atoms with E-state index in [1.54, 1.807) is 0 Å². The van der Waals surface area contributed by atoms with Gasteiger partial charge in [-0.05, 0) is 37.1 Å². The van der Waals surface area contributed by atoms with Gasteiger partial charge in [0.2, 0.25) is 0 Å². The lowest BCUT2D eigenvalue weighted by Crippen LogP contribution is -2.40. The lowest BCUT2D eigenvalue weighted by Gasteiger charge is -2.27. The lowest BCUT2D eigenvalue weighted by atomic mass is 9.96. The van der Waals surface area contributed by atoms with E-state index in [1.807, 2.05) is 24.3 Å². The van der Waals surface area contributed by atoms with Gasteiger partial charge in [0.05, 0.1) is 16.0 Å². The maximum Gasteiger partial charge on any atom is 0.0576 e. The van der Waals surface area contributed by atoms with Gasteiger partial charge in [-0.25, -0.2) is 0 Å². The highest BCUT2D eigenvalue weighted by Gasteiger charge is 2.27. The van der Waals surface area contributed by atoms with Gasteiger partial charge < -0.3 is 5.73 Å². The minimum Gasteiger partial charge on any atom is -0.327 e. The average Bonchev–Trinajstić information content (AvgIpc) is 2.30. The van der Waals surface area contributed by atoms with Crippen LogP contribution in [0.4, 0.5) is 0 Å². The molecule has 0 amide bonds. The fourth-order valence-corrected chi connectivity index (χ4v) is 3.99.